The van der Waals surface area contributed by atoms with Gasteiger partial charge in [0.15, 0.2) is 0 Å². The van der Waals surface area contributed by atoms with Gasteiger partial charge < -0.3 is 10.1 Å². The molecule has 31 heavy (non-hydrogen) atoms. The molecule has 2 saturated carbocycles. The van der Waals surface area contributed by atoms with E-state index in [0.29, 0.717) is 23.1 Å². The van der Waals surface area contributed by atoms with Crippen molar-refractivity contribution in [3.63, 3.8) is 0 Å². The van der Waals surface area contributed by atoms with Crippen LogP contribution in [0.4, 0.5) is 5.69 Å². The van der Waals surface area contributed by atoms with Crippen molar-refractivity contribution in [1.29, 1.82) is 0 Å². The summed E-state index contributed by atoms with van der Waals surface area (Å²) in [7, 11) is 0. The molecule has 1 aliphatic heterocycles. The number of hydrogen-bond donors (Lipinski definition) is 1. The molecule has 0 unspecified atom stereocenters. The molecule has 0 radical (unpaired) electrons. The van der Waals surface area contributed by atoms with Gasteiger partial charge in [-0.05, 0) is 68.2 Å². The van der Waals surface area contributed by atoms with Crippen molar-refractivity contribution in [2.45, 2.75) is 32.8 Å². The fourth-order valence-corrected chi connectivity index (χ4v) is 5.65. The monoisotopic (exact) mass is 422 g/mol. The Kier molecular flexibility index (Phi) is 4.72. The Morgan fingerprint density at radius 3 is 2.16 bits per heavy atom. The average Bonchev–Trinajstić information content (AvgIpc) is 3.51. The van der Waals surface area contributed by atoms with Crippen LogP contribution in [0.1, 0.15) is 37.0 Å². The highest BCUT2D eigenvalue weighted by Crippen LogP contribution is 2.65. The van der Waals surface area contributed by atoms with Crippen LogP contribution in [0.15, 0.2) is 36.4 Å². The van der Waals surface area contributed by atoms with Gasteiger partial charge in [0.2, 0.25) is 17.7 Å². The molecule has 1 aromatic rings. The first-order valence-electron chi connectivity index (χ1n) is 11.0. The normalized spacial score (nSPS) is 32.2. The number of amides is 3. The molecule has 6 rings (SSSR count). The summed E-state index contributed by atoms with van der Waals surface area (Å²) in [6.07, 6.45) is 5.25. The Bertz CT molecular complexity index is 946. The molecule has 4 aliphatic carbocycles. The van der Waals surface area contributed by atoms with Crippen LogP contribution < -0.4 is 5.32 Å². The van der Waals surface area contributed by atoms with Gasteiger partial charge in [-0.15, -0.1) is 0 Å². The fraction of sp³-hybridized carbons (Fsp3) is 0.500. The van der Waals surface area contributed by atoms with Crippen LogP contribution in [0, 0.1) is 35.5 Å². The second-order valence-electron chi connectivity index (χ2n) is 9.31. The highest BCUT2D eigenvalue weighted by molar-refractivity contribution is 6.06. The van der Waals surface area contributed by atoms with E-state index in [1.165, 1.54) is 4.90 Å². The number of nitrogens with one attached hydrogen (secondary N) is 1. The van der Waals surface area contributed by atoms with Crippen molar-refractivity contribution in [1.82, 2.24) is 4.90 Å². The number of rotatable bonds is 6. The number of allylic oxidation sites excluding steroid dienone is 2. The summed E-state index contributed by atoms with van der Waals surface area (Å²) in [5.74, 6) is 0.140. The molecule has 5 aliphatic rings. The summed E-state index contributed by atoms with van der Waals surface area (Å²) in [5, 5.41) is 2.76. The summed E-state index contributed by atoms with van der Waals surface area (Å²) in [6.45, 7) is 3.66. The SMILES string of the molecule is CC(C)OC(=O)c1ccc(NC(=O)CCN2C(=O)[C@@H]3[C@H]4C=C[C@@H]([C@@H]5C[C@H]45)[C@@H]3C2=O)cc1. The molecule has 0 aromatic heterocycles. The van der Waals surface area contributed by atoms with E-state index in [4.69, 9.17) is 4.74 Å². The number of benzene rings is 1. The number of nitrogens with zero attached hydrogens (tertiary/aromatic N) is 1. The third kappa shape index (κ3) is 3.36. The van der Waals surface area contributed by atoms with Crippen molar-refractivity contribution in [2.24, 2.45) is 35.5 Å². The minimum Gasteiger partial charge on any atom is -0.459 e. The first-order valence-corrected chi connectivity index (χ1v) is 11.0. The molecule has 1 N–H and O–H groups in total. The quantitative estimate of drug-likeness (QED) is 0.432. The van der Waals surface area contributed by atoms with E-state index in [2.05, 4.69) is 17.5 Å². The van der Waals surface area contributed by atoms with Gasteiger partial charge in [-0.3, -0.25) is 19.3 Å². The Balaban J connectivity index is 1.17. The van der Waals surface area contributed by atoms with Crippen molar-refractivity contribution in [3.05, 3.63) is 42.0 Å². The first kappa shape index (κ1) is 20.0. The summed E-state index contributed by atoms with van der Waals surface area (Å²) >= 11 is 0. The summed E-state index contributed by atoms with van der Waals surface area (Å²) in [4.78, 5) is 51.5. The van der Waals surface area contributed by atoms with E-state index in [1.807, 2.05) is 0 Å². The molecular weight excluding hydrogens is 396 g/mol. The molecule has 3 fully saturated rings. The second kappa shape index (κ2) is 7.32. The lowest BCUT2D eigenvalue weighted by Crippen LogP contribution is -2.40. The van der Waals surface area contributed by atoms with Crippen molar-refractivity contribution in [3.8, 4) is 0 Å². The Morgan fingerprint density at radius 1 is 1.03 bits per heavy atom. The van der Waals surface area contributed by atoms with Crippen LogP contribution >= 0.6 is 0 Å². The second-order valence-corrected chi connectivity index (χ2v) is 9.31. The maximum Gasteiger partial charge on any atom is 0.338 e. The van der Waals surface area contributed by atoms with Crippen LogP contribution in [0.3, 0.4) is 0 Å². The summed E-state index contributed by atoms with van der Waals surface area (Å²) in [5.41, 5.74) is 0.949. The zero-order valence-corrected chi connectivity index (χ0v) is 17.6. The summed E-state index contributed by atoms with van der Waals surface area (Å²) < 4.78 is 5.14. The molecule has 1 saturated heterocycles. The van der Waals surface area contributed by atoms with Gasteiger partial charge in [0.25, 0.3) is 0 Å². The van der Waals surface area contributed by atoms with Gasteiger partial charge in [-0.25, -0.2) is 4.79 Å². The van der Waals surface area contributed by atoms with E-state index in [1.54, 1.807) is 38.1 Å². The van der Waals surface area contributed by atoms with E-state index in [9.17, 15) is 19.2 Å². The predicted molar refractivity (Wildman–Crippen MR) is 112 cm³/mol. The minimum absolute atomic E-state index is 0.0453. The van der Waals surface area contributed by atoms with Gasteiger partial charge in [0, 0.05) is 18.7 Å². The van der Waals surface area contributed by atoms with Gasteiger partial charge in [-0.2, -0.15) is 0 Å². The summed E-state index contributed by atoms with van der Waals surface area (Å²) in [6, 6.07) is 6.44. The molecule has 0 spiro atoms. The van der Waals surface area contributed by atoms with Gasteiger partial charge in [-0.1, -0.05) is 12.2 Å². The highest BCUT2D eigenvalue weighted by Gasteiger charge is 2.66. The molecule has 162 valence electrons. The van der Waals surface area contributed by atoms with Crippen LogP contribution in [0.5, 0.6) is 0 Å². The van der Waals surface area contributed by atoms with Gasteiger partial charge in [0.05, 0.1) is 23.5 Å². The van der Waals surface area contributed by atoms with Crippen molar-refractivity contribution in [2.75, 3.05) is 11.9 Å². The van der Waals surface area contributed by atoms with Gasteiger partial charge >= 0.3 is 5.97 Å². The lowest BCUT2D eigenvalue weighted by molar-refractivity contribution is -0.140. The zero-order valence-electron chi connectivity index (χ0n) is 17.6. The number of ether oxygens (including phenoxy) is 1. The topological polar surface area (TPSA) is 92.8 Å². The Morgan fingerprint density at radius 2 is 1.61 bits per heavy atom. The smallest absolute Gasteiger partial charge is 0.338 e. The van der Waals surface area contributed by atoms with Crippen LogP contribution in [-0.2, 0) is 19.1 Å². The lowest BCUT2D eigenvalue weighted by atomic mass is 9.63. The number of esters is 1. The number of hydrogen-bond acceptors (Lipinski definition) is 5. The maximum absolute atomic E-state index is 12.9. The van der Waals surface area contributed by atoms with Gasteiger partial charge in [0.1, 0.15) is 0 Å². The van der Waals surface area contributed by atoms with Crippen LogP contribution in [-0.4, -0.2) is 41.2 Å². The predicted octanol–water partition coefficient (Wildman–Crippen LogP) is 2.63. The molecule has 1 aromatic carbocycles. The number of likely N-dealkylation sites (tertiary alicyclic amines) is 1. The van der Waals surface area contributed by atoms with Crippen LogP contribution in [0.2, 0.25) is 0 Å². The lowest BCUT2D eigenvalue weighted by Gasteiger charge is -2.37. The van der Waals surface area contributed by atoms with Crippen molar-refractivity contribution < 1.29 is 23.9 Å². The Hall–Kier alpha value is -2.96. The molecule has 7 nitrogen and oxygen atoms in total. The largest absolute Gasteiger partial charge is 0.459 e. The number of anilines is 1. The number of carbonyl (C=O) groups excluding carboxylic acids is 4. The van der Waals surface area contributed by atoms with E-state index in [-0.39, 0.29) is 60.5 Å². The first-order chi connectivity index (χ1) is 14.8. The van der Waals surface area contributed by atoms with E-state index >= 15 is 0 Å². The van der Waals surface area contributed by atoms with Crippen LogP contribution in [0.25, 0.3) is 0 Å². The molecular formula is C24H26N2O5. The number of carbonyl (C=O) groups is 4. The zero-order chi connectivity index (χ0) is 21.9. The van der Waals surface area contributed by atoms with E-state index < -0.39 is 5.97 Å². The molecule has 2 bridgehead atoms. The van der Waals surface area contributed by atoms with E-state index in [0.717, 1.165) is 6.42 Å². The third-order valence-electron chi connectivity index (χ3n) is 7.06. The average molecular weight is 422 g/mol. The Labute approximate surface area is 180 Å². The molecule has 3 amide bonds. The molecule has 1 heterocycles. The molecule has 6 atom stereocenters. The fourth-order valence-electron chi connectivity index (χ4n) is 5.65. The minimum atomic E-state index is -0.415. The molecule has 7 heteroatoms. The maximum atomic E-state index is 12.9. The van der Waals surface area contributed by atoms with Crippen molar-refractivity contribution >= 4 is 29.4 Å². The third-order valence-corrected chi connectivity index (χ3v) is 7.06. The highest BCUT2D eigenvalue weighted by atomic mass is 16.5. The number of imide groups is 1. The standard InChI is InChI=1S/C24H26N2O5/c1-12(2)31-24(30)13-3-5-14(6-4-13)25-19(27)9-10-26-22(28)20-15-7-8-16(18-11-17(15)18)21(20)23(26)29/h3-8,12,15-18,20-21H,9-11H2,1-2H3,(H,25,27)/t15-,16-,17-,18+,20-,21+/m0/s1.